The predicted octanol–water partition coefficient (Wildman–Crippen LogP) is 3.99. The van der Waals surface area contributed by atoms with Crippen LogP contribution >= 0.6 is 35.6 Å². The minimum atomic E-state index is -0.561. The van der Waals surface area contributed by atoms with Crippen LogP contribution in [0, 0.1) is 0 Å². The fourth-order valence-corrected chi connectivity index (χ4v) is 5.32. The summed E-state index contributed by atoms with van der Waals surface area (Å²) in [4.78, 5) is 12.8. The van der Waals surface area contributed by atoms with Crippen LogP contribution in [0.3, 0.4) is 0 Å². The third kappa shape index (κ3) is 11.2. The Bertz CT molecular complexity index is 1300. The molecule has 1 aromatic heterocycles. The molecule has 0 saturated carbocycles. The molecule has 11 nitrogen and oxygen atoms in total. The molecular weight excluding hydrogens is 619 g/mol. The topological polar surface area (TPSA) is 126 Å². The second-order valence-electron chi connectivity index (χ2n) is 9.94. The highest BCUT2D eigenvalue weighted by Crippen LogP contribution is 2.39. The summed E-state index contributed by atoms with van der Waals surface area (Å²) in [5, 5.41) is 12.5. The van der Waals surface area contributed by atoms with Gasteiger partial charge in [0.05, 0.1) is 65.6 Å². The fourth-order valence-electron chi connectivity index (χ4n) is 4.75. The van der Waals surface area contributed by atoms with Crippen LogP contribution in [0.4, 0.5) is 4.79 Å². The highest BCUT2D eigenvalue weighted by atomic mass is 35.5. The number of aromatic nitrogens is 3. The van der Waals surface area contributed by atoms with Gasteiger partial charge in [0.15, 0.2) is 0 Å². The molecule has 43 heavy (non-hydrogen) atoms. The Morgan fingerprint density at radius 2 is 1.67 bits per heavy atom. The minimum absolute atomic E-state index is 0. The first kappa shape index (κ1) is 35.0. The molecule has 0 bridgehead atoms. The number of nitrogens with two attached hydrogens (primary N) is 1. The van der Waals surface area contributed by atoms with Crippen molar-refractivity contribution in [2.75, 3.05) is 73.0 Å². The van der Waals surface area contributed by atoms with Crippen molar-refractivity contribution in [1.82, 2.24) is 25.2 Å². The Morgan fingerprint density at radius 3 is 2.37 bits per heavy atom. The lowest BCUT2D eigenvalue weighted by Gasteiger charge is -2.33. The zero-order valence-corrected chi connectivity index (χ0v) is 26.5. The maximum atomic E-state index is 10.5. The lowest BCUT2D eigenvalue weighted by atomic mass is 9.84. The summed E-state index contributed by atoms with van der Waals surface area (Å²) >= 11 is 12.9. The van der Waals surface area contributed by atoms with Crippen molar-refractivity contribution >= 4 is 41.6 Å². The number of nitrogens with one attached hydrogen (secondary N) is 1. The lowest BCUT2D eigenvalue weighted by molar-refractivity contribution is -0.00228. The quantitative estimate of drug-likeness (QED) is 0.209. The zero-order valence-electron chi connectivity index (χ0n) is 24.2. The number of amides is 2. The van der Waals surface area contributed by atoms with Crippen LogP contribution in [0.5, 0.6) is 0 Å². The molecule has 1 aliphatic heterocycles. The van der Waals surface area contributed by atoms with Crippen LogP contribution in [-0.4, -0.2) is 98.9 Å². The number of rotatable bonds is 17. The number of nitrogens with zero attached hydrogens (tertiary/aromatic N) is 4. The first-order valence-corrected chi connectivity index (χ1v) is 14.7. The van der Waals surface area contributed by atoms with Crippen molar-refractivity contribution in [1.29, 1.82) is 0 Å². The monoisotopic (exact) mass is 656 g/mol. The first-order valence-electron chi connectivity index (χ1n) is 13.9. The molecule has 0 aliphatic carbocycles. The summed E-state index contributed by atoms with van der Waals surface area (Å²) in [5.41, 5.74) is 10.3. The van der Waals surface area contributed by atoms with Gasteiger partial charge >= 0.3 is 6.03 Å². The molecule has 236 valence electrons. The van der Waals surface area contributed by atoms with E-state index in [1.54, 1.807) is 4.68 Å². The summed E-state index contributed by atoms with van der Waals surface area (Å²) in [6.45, 7) is 6.32. The number of carbonyl (C=O) groups is 1. The molecule has 0 spiro atoms. The Balaban J connectivity index is 0.00000506. The van der Waals surface area contributed by atoms with Crippen molar-refractivity contribution in [2.45, 2.75) is 19.0 Å². The van der Waals surface area contributed by atoms with Crippen molar-refractivity contribution in [2.24, 2.45) is 5.73 Å². The molecular formula is C29H39Cl3N6O5. The smallest absolute Gasteiger partial charge is 0.312 e. The maximum Gasteiger partial charge on any atom is 0.312 e. The number of carbonyl (C=O) groups excluding carboxylic acids is 1. The van der Waals surface area contributed by atoms with Gasteiger partial charge < -0.3 is 34.9 Å². The van der Waals surface area contributed by atoms with Crippen LogP contribution in [-0.2, 0) is 32.0 Å². The van der Waals surface area contributed by atoms with E-state index in [-0.39, 0.29) is 18.3 Å². The van der Waals surface area contributed by atoms with Gasteiger partial charge in [-0.1, -0.05) is 46.6 Å². The highest BCUT2D eigenvalue weighted by Gasteiger charge is 2.27. The van der Waals surface area contributed by atoms with Crippen molar-refractivity contribution in [3.05, 3.63) is 69.3 Å². The third-order valence-corrected chi connectivity index (χ3v) is 7.30. The average Bonchev–Trinajstić information content (AvgIpc) is 3.44. The highest BCUT2D eigenvalue weighted by molar-refractivity contribution is 6.35. The average molecular weight is 658 g/mol. The number of likely N-dealkylation sites (N-methyl/N-ethyl adjacent to an activating group) is 1. The number of ether oxygens (including phenoxy) is 4. The van der Waals surface area contributed by atoms with Crippen molar-refractivity contribution < 1.29 is 23.7 Å². The Kier molecular flexibility index (Phi) is 14.9. The standard InChI is InChI=1S/C29H38Cl2N6O5.ClH/c1-36-18-25(24-16-23(30)17-27(31)26(24)19-36)21-3-2-4-22(15-21)28-20-37(35-34-28)6-8-40-10-12-42-14-13-41-11-9-39-7-5-33-29(32)38;/h2-4,15-17,20,25H,5-14,18-19H2,1H3,(H3,32,33,38);1H/t25-;/m0./s1. The second-order valence-corrected chi connectivity index (χ2v) is 10.8. The summed E-state index contributed by atoms with van der Waals surface area (Å²) in [6, 6.07) is 11.7. The zero-order chi connectivity index (χ0) is 29.7. The summed E-state index contributed by atoms with van der Waals surface area (Å²) in [7, 11) is 2.11. The number of primary amides is 1. The molecule has 0 saturated heterocycles. The maximum absolute atomic E-state index is 10.5. The molecule has 2 aromatic carbocycles. The van der Waals surface area contributed by atoms with E-state index in [2.05, 4.69) is 45.8 Å². The molecule has 4 rings (SSSR count). The lowest BCUT2D eigenvalue weighted by Crippen LogP contribution is -2.32. The number of halogens is 3. The van der Waals surface area contributed by atoms with E-state index in [1.165, 1.54) is 11.1 Å². The Hall–Kier alpha value is -2.48. The number of hydrogen-bond donors (Lipinski definition) is 2. The number of urea groups is 1. The SMILES string of the molecule is CN1Cc2c(Cl)cc(Cl)cc2[C@H](c2cccc(-c3cn(CCOCCOCCOCCOCCNC(N)=O)nn3)c2)C1.Cl. The van der Waals surface area contributed by atoms with Crippen LogP contribution in [0.1, 0.15) is 22.6 Å². The van der Waals surface area contributed by atoms with Gasteiger partial charge in [-0.2, -0.15) is 0 Å². The van der Waals surface area contributed by atoms with Crippen molar-refractivity contribution in [3.63, 3.8) is 0 Å². The molecule has 0 unspecified atom stereocenters. The van der Waals surface area contributed by atoms with Crippen LogP contribution in [0.2, 0.25) is 10.0 Å². The number of benzene rings is 2. The van der Waals surface area contributed by atoms with Crippen LogP contribution in [0.15, 0.2) is 42.6 Å². The van der Waals surface area contributed by atoms with E-state index < -0.39 is 6.03 Å². The predicted molar refractivity (Wildman–Crippen MR) is 168 cm³/mol. The van der Waals surface area contributed by atoms with Gasteiger partial charge in [-0.05, 0) is 41.9 Å². The van der Waals surface area contributed by atoms with E-state index in [0.29, 0.717) is 76.0 Å². The van der Waals surface area contributed by atoms with E-state index in [0.717, 1.165) is 29.9 Å². The van der Waals surface area contributed by atoms with Gasteiger partial charge in [0.25, 0.3) is 0 Å². The summed E-state index contributed by atoms with van der Waals surface area (Å²) in [6.07, 6.45) is 1.93. The molecule has 14 heteroatoms. The van der Waals surface area contributed by atoms with Gasteiger partial charge in [0.2, 0.25) is 0 Å². The molecule has 1 aliphatic rings. The second kappa shape index (κ2) is 18.4. The van der Waals surface area contributed by atoms with Gasteiger partial charge in [-0.3, -0.25) is 0 Å². The molecule has 2 amide bonds. The minimum Gasteiger partial charge on any atom is -0.377 e. The normalized spacial score (nSPS) is 14.7. The van der Waals surface area contributed by atoms with Crippen LogP contribution < -0.4 is 11.1 Å². The molecule has 3 N–H and O–H groups in total. The van der Waals surface area contributed by atoms with Crippen molar-refractivity contribution in [3.8, 4) is 11.3 Å². The van der Waals surface area contributed by atoms with E-state index in [1.807, 2.05) is 24.4 Å². The molecule has 2 heterocycles. The molecule has 0 radical (unpaired) electrons. The van der Waals surface area contributed by atoms with E-state index >= 15 is 0 Å². The third-order valence-electron chi connectivity index (χ3n) is 6.74. The summed E-state index contributed by atoms with van der Waals surface area (Å²) in [5.74, 6) is 0.157. The molecule has 3 aromatic rings. The molecule has 0 fully saturated rings. The number of hydrogen-bond acceptors (Lipinski definition) is 8. The largest absolute Gasteiger partial charge is 0.377 e. The number of fused-ring (bicyclic) bond motifs is 1. The summed E-state index contributed by atoms with van der Waals surface area (Å²) < 4.78 is 23.7. The van der Waals surface area contributed by atoms with Crippen LogP contribution in [0.25, 0.3) is 11.3 Å². The first-order chi connectivity index (χ1) is 20.4. The Labute approximate surface area is 268 Å². The van der Waals surface area contributed by atoms with Gasteiger partial charge in [-0.25, -0.2) is 9.48 Å². The fraction of sp³-hybridized carbons (Fsp3) is 0.483. The Morgan fingerprint density at radius 1 is 1.00 bits per heavy atom. The van der Waals surface area contributed by atoms with Gasteiger partial charge in [0.1, 0.15) is 5.69 Å². The van der Waals surface area contributed by atoms with E-state index in [4.69, 9.17) is 47.9 Å². The van der Waals surface area contributed by atoms with E-state index in [9.17, 15) is 4.79 Å². The molecule has 1 atom stereocenters. The van der Waals surface area contributed by atoms with Gasteiger partial charge in [-0.15, -0.1) is 17.5 Å². The van der Waals surface area contributed by atoms with Gasteiger partial charge in [0, 0.05) is 41.2 Å².